The fourth-order valence-corrected chi connectivity index (χ4v) is 0. The molecule has 0 atom stereocenters. The Bertz CT molecular complexity index is 74.8. The highest BCUT2D eigenvalue weighted by atomic mass is 31.2. The predicted octanol–water partition coefficient (Wildman–Crippen LogP) is -1.96. The van der Waals surface area contributed by atoms with Crippen molar-refractivity contribution in [3.8, 4) is 0 Å². The van der Waals surface area contributed by atoms with Crippen LogP contribution in [0.2, 0.25) is 0 Å². The molecule has 58 valence electrons. The first kappa shape index (κ1) is 11.8. The molecule has 0 rings (SSSR count). The average Bonchev–Trinajstić information content (AvgIpc) is 1.61. The summed E-state index contributed by atoms with van der Waals surface area (Å²) >= 11 is 0. The van der Waals surface area contributed by atoms with E-state index in [9.17, 15) is 0 Å². The lowest BCUT2D eigenvalue weighted by atomic mass is 10.8. The van der Waals surface area contributed by atoms with E-state index in [4.69, 9.17) is 29.5 Å². The summed E-state index contributed by atoms with van der Waals surface area (Å²) in [4.78, 5) is 21.6. The number of aliphatic hydroxyl groups is 2. The average molecular weight is 160 g/mol. The number of hydrogen-bond acceptors (Lipinski definition) is 3. The van der Waals surface area contributed by atoms with Crippen molar-refractivity contribution >= 4 is 7.82 Å². The Labute approximate surface area is 51.6 Å². The van der Waals surface area contributed by atoms with E-state index < -0.39 is 7.82 Å². The van der Waals surface area contributed by atoms with Gasteiger partial charge in [-0.1, -0.05) is 0 Å². The first-order valence-electron chi connectivity index (χ1n) is 1.92. The van der Waals surface area contributed by atoms with Crippen LogP contribution >= 0.6 is 7.82 Å². The van der Waals surface area contributed by atoms with Crippen LogP contribution in [-0.4, -0.2) is 38.1 Å². The molecule has 0 bridgehead atoms. The van der Waals surface area contributed by atoms with Crippen molar-refractivity contribution in [2.24, 2.45) is 0 Å². The van der Waals surface area contributed by atoms with Gasteiger partial charge in [0.2, 0.25) is 0 Å². The van der Waals surface area contributed by atoms with E-state index in [0.29, 0.717) is 0 Å². The Balaban J connectivity index is 0. The van der Waals surface area contributed by atoms with Crippen molar-refractivity contribution < 1.29 is 29.5 Å². The second-order valence-corrected chi connectivity index (χ2v) is 1.99. The number of aliphatic hydroxyl groups excluding tert-OH is 2. The predicted molar refractivity (Wildman–Crippen MR) is 28.4 cm³/mol. The molecule has 6 nitrogen and oxygen atoms in total. The highest BCUT2D eigenvalue weighted by molar-refractivity contribution is 7.45. The van der Waals surface area contributed by atoms with E-state index in [-0.39, 0.29) is 13.2 Å². The second kappa shape index (κ2) is 6.15. The molecule has 0 aliphatic carbocycles. The Morgan fingerprint density at radius 2 is 1.11 bits per heavy atom. The van der Waals surface area contributed by atoms with Crippen LogP contribution in [-0.2, 0) is 4.57 Å². The van der Waals surface area contributed by atoms with Gasteiger partial charge in [-0.2, -0.15) is 0 Å². The van der Waals surface area contributed by atoms with Crippen LogP contribution in [0.25, 0.3) is 0 Å². The Morgan fingerprint density at radius 3 is 1.11 bits per heavy atom. The highest BCUT2D eigenvalue weighted by Gasteiger charge is 2.00. The summed E-state index contributed by atoms with van der Waals surface area (Å²) in [7, 11) is -4.64. The van der Waals surface area contributed by atoms with Crippen molar-refractivity contribution in [2.75, 3.05) is 13.2 Å². The van der Waals surface area contributed by atoms with Crippen molar-refractivity contribution in [2.45, 2.75) is 0 Å². The molecule has 0 amide bonds. The third-order valence-corrected chi connectivity index (χ3v) is 0.1000. The number of phosphoric acid groups is 1. The van der Waals surface area contributed by atoms with Gasteiger partial charge in [0.25, 0.3) is 0 Å². The molecule has 0 heterocycles. The van der Waals surface area contributed by atoms with Gasteiger partial charge in [0.05, 0.1) is 13.2 Å². The molecule has 0 spiro atoms. The molecule has 0 fully saturated rings. The monoisotopic (exact) mass is 160 g/mol. The van der Waals surface area contributed by atoms with E-state index in [2.05, 4.69) is 0 Å². The lowest BCUT2D eigenvalue weighted by molar-refractivity contribution is 0.186. The molecular weight excluding hydrogens is 151 g/mol. The summed E-state index contributed by atoms with van der Waals surface area (Å²) in [5.74, 6) is 0. The molecule has 0 aromatic carbocycles. The van der Waals surface area contributed by atoms with Crippen LogP contribution < -0.4 is 0 Å². The minimum absolute atomic E-state index is 0.125. The maximum atomic E-state index is 8.88. The second-order valence-electron chi connectivity index (χ2n) is 0.960. The maximum Gasteiger partial charge on any atom is 0.466 e. The molecule has 0 aliphatic heterocycles. The smallest absolute Gasteiger partial charge is 0.394 e. The normalized spacial score (nSPS) is 9.89. The quantitative estimate of drug-likeness (QED) is 0.284. The third-order valence-electron chi connectivity index (χ3n) is 0.1000. The first-order chi connectivity index (χ1) is 3.91. The van der Waals surface area contributed by atoms with Crippen molar-refractivity contribution in [1.29, 1.82) is 0 Å². The molecule has 0 unspecified atom stereocenters. The van der Waals surface area contributed by atoms with Gasteiger partial charge in [-0.3, -0.25) is 0 Å². The lowest BCUT2D eigenvalue weighted by Gasteiger charge is -1.82. The van der Waals surface area contributed by atoms with Crippen LogP contribution in [0.3, 0.4) is 0 Å². The fourth-order valence-electron chi connectivity index (χ4n) is 0. The molecule has 5 N–H and O–H groups in total. The molecule has 0 saturated heterocycles. The Morgan fingerprint density at radius 1 is 1.00 bits per heavy atom. The third kappa shape index (κ3) is 275. The van der Waals surface area contributed by atoms with Gasteiger partial charge in [-0.05, 0) is 0 Å². The molecular formula is C2H9O6P. The van der Waals surface area contributed by atoms with Crippen LogP contribution in [0, 0.1) is 0 Å². The van der Waals surface area contributed by atoms with Gasteiger partial charge in [-0.25, -0.2) is 4.57 Å². The molecule has 0 aromatic rings. The summed E-state index contributed by atoms with van der Waals surface area (Å²) in [6, 6.07) is 0. The minimum atomic E-state index is -4.64. The van der Waals surface area contributed by atoms with Gasteiger partial charge in [0.15, 0.2) is 0 Å². The Kier molecular flexibility index (Phi) is 8.06. The van der Waals surface area contributed by atoms with Gasteiger partial charge >= 0.3 is 7.82 Å². The number of rotatable bonds is 1. The van der Waals surface area contributed by atoms with Crippen molar-refractivity contribution in [3.05, 3.63) is 0 Å². The largest absolute Gasteiger partial charge is 0.466 e. The zero-order valence-corrected chi connectivity index (χ0v) is 5.40. The zero-order chi connectivity index (χ0) is 7.91. The van der Waals surface area contributed by atoms with Crippen LogP contribution in [0.1, 0.15) is 0 Å². The highest BCUT2D eigenvalue weighted by Crippen LogP contribution is 2.25. The van der Waals surface area contributed by atoms with Gasteiger partial charge < -0.3 is 24.9 Å². The van der Waals surface area contributed by atoms with E-state index >= 15 is 0 Å². The molecule has 0 saturated carbocycles. The standard InChI is InChI=1S/C2H6O2.H3O4P/c3-1-2-4;1-5(2,3)4/h3-4H,1-2H2;(H3,1,2,3,4). The SMILES string of the molecule is O=P(O)(O)O.OCCO. The molecule has 0 radical (unpaired) electrons. The number of hydrogen-bond donors (Lipinski definition) is 5. The zero-order valence-electron chi connectivity index (χ0n) is 4.51. The van der Waals surface area contributed by atoms with E-state index in [1.165, 1.54) is 0 Å². The van der Waals surface area contributed by atoms with Gasteiger partial charge in [0.1, 0.15) is 0 Å². The van der Waals surface area contributed by atoms with Crippen molar-refractivity contribution in [1.82, 2.24) is 0 Å². The summed E-state index contributed by atoms with van der Waals surface area (Å²) in [6.07, 6.45) is 0. The molecule has 0 aliphatic rings. The first-order valence-corrected chi connectivity index (χ1v) is 3.48. The summed E-state index contributed by atoms with van der Waals surface area (Å²) in [5.41, 5.74) is 0. The van der Waals surface area contributed by atoms with Crippen LogP contribution in [0.4, 0.5) is 0 Å². The lowest BCUT2D eigenvalue weighted by Crippen LogP contribution is -1.85. The summed E-state index contributed by atoms with van der Waals surface area (Å²) in [6.45, 7) is -0.250. The van der Waals surface area contributed by atoms with E-state index in [0.717, 1.165) is 0 Å². The fraction of sp³-hybridized carbons (Fsp3) is 1.00. The summed E-state index contributed by atoms with van der Waals surface area (Å²) in [5, 5.41) is 15.2. The van der Waals surface area contributed by atoms with E-state index in [1.807, 2.05) is 0 Å². The minimum Gasteiger partial charge on any atom is -0.394 e. The molecule has 9 heavy (non-hydrogen) atoms. The molecule has 7 heteroatoms. The maximum absolute atomic E-state index is 8.88. The van der Waals surface area contributed by atoms with Crippen LogP contribution in [0.5, 0.6) is 0 Å². The van der Waals surface area contributed by atoms with Gasteiger partial charge in [-0.15, -0.1) is 0 Å². The van der Waals surface area contributed by atoms with Gasteiger partial charge in [0, 0.05) is 0 Å². The molecule has 0 aromatic heterocycles. The Hall–Kier alpha value is 0.0300. The van der Waals surface area contributed by atoms with E-state index in [1.54, 1.807) is 0 Å². The van der Waals surface area contributed by atoms with Crippen molar-refractivity contribution in [3.63, 3.8) is 0 Å². The summed E-state index contributed by atoms with van der Waals surface area (Å²) < 4.78 is 8.88. The van der Waals surface area contributed by atoms with Crippen LogP contribution in [0.15, 0.2) is 0 Å². The topological polar surface area (TPSA) is 118 Å².